The molecule has 0 aliphatic rings. The van der Waals surface area contributed by atoms with Gasteiger partial charge in [-0.25, -0.2) is 4.79 Å². The summed E-state index contributed by atoms with van der Waals surface area (Å²) in [7, 11) is 0. The van der Waals surface area contributed by atoms with Gasteiger partial charge in [0.25, 0.3) is 0 Å². The third kappa shape index (κ3) is 4.54. The van der Waals surface area contributed by atoms with Crippen LogP contribution in [0.2, 0.25) is 0 Å². The fraction of sp³-hybridized carbons (Fsp3) is 0.429. The van der Waals surface area contributed by atoms with Crippen LogP contribution in [0.15, 0.2) is 24.3 Å². The predicted molar refractivity (Wildman–Crippen MR) is 101 cm³/mol. The Morgan fingerprint density at radius 1 is 1.00 bits per heavy atom. The van der Waals surface area contributed by atoms with E-state index in [1.807, 2.05) is 52.0 Å². The lowest BCUT2D eigenvalue weighted by molar-refractivity contribution is -0.144. The lowest BCUT2D eigenvalue weighted by atomic mass is 10.1. The van der Waals surface area contributed by atoms with E-state index < -0.39 is 5.97 Å². The number of carbonyl (C=O) groups excluding carboxylic acids is 2. The molecule has 5 nitrogen and oxygen atoms in total. The minimum atomic E-state index is -0.561. The monoisotopic (exact) mass is 357 g/mol. The van der Waals surface area contributed by atoms with Crippen molar-refractivity contribution < 1.29 is 19.1 Å². The van der Waals surface area contributed by atoms with Gasteiger partial charge in [-0.3, -0.25) is 4.79 Å². The summed E-state index contributed by atoms with van der Waals surface area (Å²) in [5, 5.41) is 0. The van der Waals surface area contributed by atoms with Crippen LogP contribution in [0.3, 0.4) is 0 Å². The number of carbonyl (C=O) groups is 2. The highest BCUT2D eigenvalue weighted by atomic mass is 16.6. The molecular formula is C21H27NO4. The van der Waals surface area contributed by atoms with Crippen molar-refractivity contribution >= 4 is 11.8 Å². The molecule has 0 spiro atoms. The van der Waals surface area contributed by atoms with Crippen molar-refractivity contribution in [1.82, 2.24) is 4.57 Å². The predicted octanol–water partition coefficient (Wildman–Crippen LogP) is 4.11. The summed E-state index contributed by atoms with van der Waals surface area (Å²) in [6.45, 7) is 11.5. The minimum absolute atomic E-state index is 0.204. The molecule has 0 amide bonds. The van der Waals surface area contributed by atoms with Crippen LogP contribution >= 0.6 is 0 Å². The zero-order valence-electron chi connectivity index (χ0n) is 16.4. The van der Waals surface area contributed by atoms with E-state index in [-0.39, 0.29) is 25.0 Å². The molecule has 0 saturated carbocycles. The van der Waals surface area contributed by atoms with Crippen molar-refractivity contribution in [2.45, 2.75) is 47.6 Å². The number of benzene rings is 1. The molecule has 0 aliphatic heterocycles. The summed E-state index contributed by atoms with van der Waals surface area (Å²) in [4.78, 5) is 24.2. The van der Waals surface area contributed by atoms with E-state index in [0.717, 1.165) is 22.5 Å². The molecule has 0 atom stereocenters. The zero-order chi connectivity index (χ0) is 19.4. The molecule has 0 radical (unpaired) electrons. The average molecular weight is 357 g/mol. The molecule has 0 N–H and O–H groups in total. The van der Waals surface area contributed by atoms with E-state index in [9.17, 15) is 9.59 Å². The van der Waals surface area contributed by atoms with Crippen LogP contribution in [0.25, 0.3) is 0 Å². The number of hydrogen-bond donors (Lipinski definition) is 0. The number of rotatable bonds is 7. The van der Waals surface area contributed by atoms with Crippen LogP contribution in [-0.2, 0) is 9.53 Å². The second-order valence-electron chi connectivity index (χ2n) is 6.87. The number of nitrogens with zero attached hydrogens (tertiary/aromatic N) is 1. The van der Waals surface area contributed by atoms with Crippen LogP contribution < -0.4 is 4.74 Å². The van der Waals surface area contributed by atoms with Gasteiger partial charge < -0.3 is 14.0 Å². The molecule has 0 saturated heterocycles. The van der Waals surface area contributed by atoms with E-state index in [0.29, 0.717) is 11.3 Å². The van der Waals surface area contributed by atoms with Gasteiger partial charge in [0.05, 0.1) is 0 Å². The van der Waals surface area contributed by atoms with Crippen LogP contribution in [0.4, 0.5) is 0 Å². The highest BCUT2D eigenvalue weighted by molar-refractivity contribution is 5.99. The maximum absolute atomic E-state index is 12.4. The van der Waals surface area contributed by atoms with Gasteiger partial charge in [0.15, 0.2) is 13.2 Å². The Kier molecular flexibility index (Phi) is 6.24. The first-order valence-electron chi connectivity index (χ1n) is 8.78. The van der Waals surface area contributed by atoms with Gasteiger partial charge in [0, 0.05) is 23.0 Å². The standard InChI is InChI=1S/C21H27NO4/c1-13(2)22-16(5)10-19(17(22)6)20(23)11-26-21(24)12-25-18-8-7-14(3)15(4)9-18/h7-10,13H,11-12H2,1-6H3. The maximum atomic E-state index is 12.4. The van der Waals surface area contributed by atoms with E-state index in [2.05, 4.69) is 18.4 Å². The van der Waals surface area contributed by atoms with Crippen molar-refractivity contribution in [1.29, 1.82) is 0 Å². The first-order valence-corrected chi connectivity index (χ1v) is 8.78. The van der Waals surface area contributed by atoms with Crippen molar-refractivity contribution in [3.63, 3.8) is 0 Å². The summed E-state index contributed by atoms with van der Waals surface area (Å²) < 4.78 is 12.6. The largest absolute Gasteiger partial charge is 0.482 e. The van der Waals surface area contributed by atoms with Crippen molar-refractivity contribution in [3.05, 3.63) is 52.3 Å². The molecule has 0 unspecified atom stereocenters. The Bertz CT molecular complexity index is 818. The number of aryl methyl sites for hydroxylation is 3. The van der Waals surface area contributed by atoms with Crippen LogP contribution in [-0.4, -0.2) is 29.5 Å². The van der Waals surface area contributed by atoms with Crippen LogP contribution in [0.5, 0.6) is 5.75 Å². The van der Waals surface area contributed by atoms with Crippen LogP contribution in [0.1, 0.15) is 52.8 Å². The molecule has 1 heterocycles. The first-order chi connectivity index (χ1) is 12.2. The molecular weight excluding hydrogens is 330 g/mol. The Morgan fingerprint density at radius 3 is 2.27 bits per heavy atom. The van der Waals surface area contributed by atoms with Gasteiger partial charge in [-0.1, -0.05) is 6.07 Å². The summed E-state index contributed by atoms with van der Waals surface area (Å²) >= 11 is 0. The Labute approximate surface area is 154 Å². The number of esters is 1. The van der Waals surface area contributed by atoms with Gasteiger partial charge in [-0.2, -0.15) is 0 Å². The molecule has 26 heavy (non-hydrogen) atoms. The zero-order valence-corrected chi connectivity index (χ0v) is 16.4. The van der Waals surface area contributed by atoms with Crippen molar-refractivity contribution in [2.24, 2.45) is 0 Å². The minimum Gasteiger partial charge on any atom is -0.482 e. The van der Waals surface area contributed by atoms with Crippen LogP contribution in [0, 0.1) is 27.7 Å². The molecule has 0 bridgehead atoms. The molecule has 0 aliphatic carbocycles. The maximum Gasteiger partial charge on any atom is 0.344 e. The van der Waals surface area contributed by atoms with Crippen molar-refractivity contribution in [2.75, 3.05) is 13.2 Å². The second-order valence-corrected chi connectivity index (χ2v) is 6.87. The van der Waals surface area contributed by atoms with Crippen molar-refractivity contribution in [3.8, 4) is 5.75 Å². The highest BCUT2D eigenvalue weighted by Gasteiger charge is 2.18. The molecule has 1 aromatic heterocycles. The second kappa shape index (κ2) is 8.21. The number of Topliss-reactive ketones (excluding diaryl/α,β-unsaturated/α-hetero) is 1. The summed E-state index contributed by atoms with van der Waals surface area (Å²) in [5.74, 6) is -0.157. The number of hydrogen-bond acceptors (Lipinski definition) is 4. The fourth-order valence-electron chi connectivity index (χ4n) is 3.07. The summed E-state index contributed by atoms with van der Waals surface area (Å²) in [5.41, 5.74) is 4.75. The third-order valence-electron chi connectivity index (χ3n) is 4.50. The summed E-state index contributed by atoms with van der Waals surface area (Å²) in [6.07, 6.45) is 0. The van der Waals surface area contributed by atoms with E-state index in [1.165, 1.54) is 0 Å². The van der Waals surface area contributed by atoms with E-state index in [1.54, 1.807) is 0 Å². The normalized spacial score (nSPS) is 10.9. The Balaban J connectivity index is 1.90. The fourth-order valence-corrected chi connectivity index (χ4v) is 3.07. The number of aromatic nitrogens is 1. The smallest absolute Gasteiger partial charge is 0.344 e. The van der Waals surface area contributed by atoms with Gasteiger partial charge in [-0.05, 0) is 70.9 Å². The van der Waals surface area contributed by atoms with Gasteiger partial charge in [0.1, 0.15) is 5.75 Å². The molecule has 1 aromatic carbocycles. The Hall–Kier alpha value is -2.56. The van der Waals surface area contributed by atoms with E-state index >= 15 is 0 Å². The lowest BCUT2D eigenvalue weighted by Crippen LogP contribution is -2.20. The average Bonchev–Trinajstić information content (AvgIpc) is 2.88. The number of ketones is 1. The molecule has 2 rings (SSSR count). The highest BCUT2D eigenvalue weighted by Crippen LogP contribution is 2.20. The number of ether oxygens (including phenoxy) is 2. The van der Waals surface area contributed by atoms with Gasteiger partial charge >= 0.3 is 5.97 Å². The summed E-state index contributed by atoms with van der Waals surface area (Å²) in [6, 6.07) is 7.72. The molecule has 2 aromatic rings. The molecule has 5 heteroatoms. The molecule has 0 fully saturated rings. The van der Waals surface area contributed by atoms with E-state index in [4.69, 9.17) is 9.47 Å². The quantitative estimate of drug-likeness (QED) is 0.553. The van der Waals surface area contributed by atoms with Gasteiger partial charge in [0.2, 0.25) is 5.78 Å². The first kappa shape index (κ1) is 19.8. The SMILES string of the molecule is Cc1ccc(OCC(=O)OCC(=O)c2cc(C)n(C(C)C)c2C)cc1C. The third-order valence-corrected chi connectivity index (χ3v) is 4.50. The Morgan fingerprint density at radius 2 is 1.69 bits per heavy atom. The lowest BCUT2D eigenvalue weighted by Gasteiger charge is -2.13. The topological polar surface area (TPSA) is 57.5 Å². The molecule has 140 valence electrons. The van der Waals surface area contributed by atoms with Gasteiger partial charge in [-0.15, -0.1) is 0 Å².